The molecular weight excluding hydrogens is 292 g/mol. The van der Waals surface area contributed by atoms with Crippen LogP contribution in [0.4, 0.5) is 0 Å². The van der Waals surface area contributed by atoms with Crippen molar-refractivity contribution in [2.45, 2.75) is 31.9 Å². The second kappa shape index (κ2) is 7.76. The fourth-order valence-electron chi connectivity index (χ4n) is 2.36. The first-order valence-corrected chi connectivity index (χ1v) is 7.54. The van der Waals surface area contributed by atoms with E-state index in [0.717, 1.165) is 16.9 Å². The van der Waals surface area contributed by atoms with Crippen LogP contribution in [0.5, 0.6) is 5.75 Å². The molecule has 2 aromatic carbocycles. The molecule has 0 aliphatic heterocycles. The molecule has 4 N–H and O–H groups in total. The topological polar surface area (TPSA) is 84.6 Å². The van der Waals surface area contributed by atoms with Gasteiger partial charge in [0.1, 0.15) is 11.9 Å². The second-order valence-electron chi connectivity index (χ2n) is 5.53. The van der Waals surface area contributed by atoms with Gasteiger partial charge in [-0.25, -0.2) is 5.48 Å². The second-order valence-corrected chi connectivity index (χ2v) is 5.53. The van der Waals surface area contributed by atoms with Crippen LogP contribution in [0.1, 0.15) is 37.0 Å². The Morgan fingerprint density at radius 2 is 1.65 bits per heavy atom. The van der Waals surface area contributed by atoms with Gasteiger partial charge in [-0.15, -0.1) is 0 Å². The summed E-state index contributed by atoms with van der Waals surface area (Å²) in [5.74, 6) is -0.0734. The monoisotopic (exact) mass is 314 g/mol. The molecule has 2 aromatic rings. The van der Waals surface area contributed by atoms with Gasteiger partial charge in [-0.05, 0) is 30.2 Å². The lowest BCUT2D eigenvalue weighted by molar-refractivity contribution is -0.130. The standard InChI is InChI=1S/C18H22N2O3/c1-12(17(19)18(21)20-22)14-8-10-16(11-9-14)23-13(2)15-6-4-3-5-7-15/h3-13,17,22H,19H2,1-2H3,(H,20,21). The number of hydrogen-bond acceptors (Lipinski definition) is 4. The highest BCUT2D eigenvalue weighted by Gasteiger charge is 2.21. The Morgan fingerprint density at radius 3 is 2.22 bits per heavy atom. The molecular formula is C18H22N2O3. The number of ether oxygens (including phenoxy) is 1. The fraction of sp³-hybridized carbons (Fsp3) is 0.278. The number of hydroxylamine groups is 1. The molecule has 23 heavy (non-hydrogen) atoms. The van der Waals surface area contributed by atoms with Gasteiger partial charge >= 0.3 is 0 Å². The zero-order chi connectivity index (χ0) is 16.8. The third-order valence-electron chi connectivity index (χ3n) is 3.94. The number of rotatable bonds is 6. The summed E-state index contributed by atoms with van der Waals surface area (Å²) >= 11 is 0. The summed E-state index contributed by atoms with van der Waals surface area (Å²) in [4.78, 5) is 11.4. The molecule has 2 rings (SSSR count). The predicted molar refractivity (Wildman–Crippen MR) is 88.2 cm³/mol. The van der Waals surface area contributed by atoms with Crippen molar-refractivity contribution in [3.63, 3.8) is 0 Å². The average Bonchev–Trinajstić information content (AvgIpc) is 2.61. The molecule has 0 bridgehead atoms. The van der Waals surface area contributed by atoms with Crippen molar-refractivity contribution >= 4 is 5.91 Å². The van der Waals surface area contributed by atoms with E-state index < -0.39 is 11.9 Å². The van der Waals surface area contributed by atoms with E-state index in [9.17, 15) is 4.79 Å². The fourth-order valence-corrected chi connectivity index (χ4v) is 2.36. The van der Waals surface area contributed by atoms with E-state index in [1.807, 2.05) is 68.4 Å². The zero-order valence-electron chi connectivity index (χ0n) is 13.3. The van der Waals surface area contributed by atoms with Crippen molar-refractivity contribution in [1.82, 2.24) is 5.48 Å². The lowest BCUT2D eigenvalue weighted by Gasteiger charge is -2.19. The number of nitrogens with one attached hydrogen (secondary N) is 1. The van der Waals surface area contributed by atoms with E-state index in [4.69, 9.17) is 15.7 Å². The van der Waals surface area contributed by atoms with Gasteiger partial charge in [0.15, 0.2) is 0 Å². The van der Waals surface area contributed by atoms with Crippen molar-refractivity contribution < 1.29 is 14.7 Å². The Labute approximate surface area is 136 Å². The summed E-state index contributed by atoms with van der Waals surface area (Å²) in [5.41, 5.74) is 9.38. The van der Waals surface area contributed by atoms with Crippen LogP contribution in [0.15, 0.2) is 54.6 Å². The van der Waals surface area contributed by atoms with E-state index in [-0.39, 0.29) is 12.0 Å². The van der Waals surface area contributed by atoms with Gasteiger partial charge in [-0.2, -0.15) is 0 Å². The molecule has 0 radical (unpaired) electrons. The first-order chi connectivity index (χ1) is 11.0. The highest BCUT2D eigenvalue weighted by atomic mass is 16.5. The van der Waals surface area contributed by atoms with Crippen molar-refractivity contribution in [1.29, 1.82) is 0 Å². The van der Waals surface area contributed by atoms with Gasteiger partial charge < -0.3 is 10.5 Å². The normalized spacial score (nSPS) is 14.6. The molecule has 5 heteroatoms. The summed E-state index contributed by atoms with van der Waals surface area (Å²) in [7, 11) is 0. The SMILES string of the molecule is CC(Oc1ccc(C(C)C(N)C(=O)NO)cc1)c1ccccc1. The number of benzene rings is 2. The minimum Gasteiger partial charge on any atom is -0.486 e. The van der Waals surface area contributed by atoms with Crippen LogP contribution in [-0.2, 0) is 4.79 Å². The molecule has 0 fully saturated rings. The Morgan fingerprint density at radius 1 is 1.04 bits per heavy atom. The van der Waals surface area contributed by atoms with E-state index >= 15 is 0 Å². The highest BCUT2D eigenvalue weighted by Crippen LogP contribution is 2.25. The lowest BCUT2D eigenvalue weighted by Crippen LogP contribution is -2.42. The van der Waals surface area contributed by atoms with Gasteiger partial charge in [0.2, 0.25) is 0 Å². The third-order valence-corrected chi connectivity index (χ3v) is 3.94. The van der Waals surface area contributed by atoms with Crippen LogP contribution in [-0.4, -0.2) is 17.2 Å². The third kappa shape index (κ3) is 4.31. The first kappa shape index (κ1) is 17.0. The van der Waals surface area contributed by atoms with E-state index in [1.54, 1.807) is 5.48 Å². The maximum atomic E-state index is 11.4. The number of carbonyl (C=O) groups excluding carboxylic acids is 1. The number of nitrogens with two attached hydrogens (primary N) is 1. The quantitative estimate of drug-likeness (QED) is 0.565. The minimum absolute atomic E-state index is 0.0538. The Kier molecular flexibility index (Phi) is 5.73. The smallest absolute Gasteiger partial charge is 0.260 e. The summed E-state index contributed by atoms with van der Waals surface area (Å²) in [6.45, 7) is 3.83. The summed E-state index contributed by atoms with van der Waals surface area (Å²) in [5, 5.41) is 8.65. The van der Waals surface area contributed by atoms with E-state index in [0.29, 0.717) is 0 Å². The molecule has 3 unspecified atom stereocenters. The molecule has 0 saturated carbocycles. The van der Waals surface area contributed by atoms with Gasteiger partial charge in [0, 0.05) is 5.92 Å². The predicted octanol–water partition coefficient (Wildman–Crippen LogP) is 2.76. The number of amides is 1. The van der Waals surface area contributed by atoms with Gasteiger partial charge in [-0.1, -0.05) is 49.4 Å². The number of hydrogen-bond donors (Lipinski definition) is 3. The molecule has 3 atom stereocenters. The average molecular weight is 314 g/mol. The highest BCUT2D eigenvalue weighted by molar-refractivity contribution is 5.81. The van der Waals surface area contributed by atoms with Crippen LogP contribution in [0.25, 0.3) is 0 Å². The molecule has 0 saturated heterocycles. The summed E-state index contributed by atoms with van der Waals surface area (Å²) < 4.78 is 5.91. The molecule has 0 aliphatic rings. The van der Waals surface area contributed by atoms with E-state index in [1.165, 1.54) is 0 Å². The zero-order valence-corrected chi connectivity index (χ0v) is 13.3. The maximum absolute atomic E-state index is 11.4. The van der Waals surface area contributed by atoms with Crippen LogP contribution in [0.2, 0.25) is 0 Å². The minimum atomic E-state index is -0.810. The van der Waals surface area contributed by atoms with Crippen molar-refractivity contribution in [2.24, 2.45) is 5.73 Å². The van der Waals surface area contributed by atoms with Gasteiger partial charge in [0.05, 0.1) is 6.04 Å². The van der Waals surface area contributed by atoms with Crippen molar-refractivity contribution in [3.8, 4) is 5.75 Å². The maximum Gasteiger partial charge on any atom is 0.260 e. The summed E-state index contributed by atoms with van der Waals surface area (Å²) in [6.07, 6.45) is -0.0538. The molecule has 5 nitrogen and oxygen atoms in total. The van der Waals surface area contributed by atoms with Crippen LogP contribution < -0.4 is 16.0 Å². The van der Waals surface area contributed by atoms with Crippen molar-refractivity contribution in [2.75, 3.05) is 0 Å². The Bertz CT molecular complexity index is 628. The molecule has 0 aliphatic carbocycles. The van der Waals surface area contributed by atoms with Gasteiger partial charge in [-0.3, -0.25) is 10.0 Å². The molecule has 122 valence electrons. The molecule has 0 heterocycles. The largest absolute Gasteiger partial charge is 0.486 e. The first-order valence-electron chi connectivity index (χ1n) is 7.54. The van der Waals surface area contributed by atoms with Crippen LogP contribution in [0, 0.1) is 0 Å². The molecule has 1 amide bonds. The van der Waals surface area contributed by atoms with Gasteiger partial charge in [0.25, 0.3) is 5.91 Å². The molecule has 0 spiro atoms. The van der Waals surface area contributed by atoms with E-state index in [2.05, 4.69) is 0 Å². The Hall–Kier alpha value is -2.37. The lowest BCUT2D eigenvalue weighted by atomic mass is 9.93. The Balaban J connectivity index is 2.03. The van der Waals surface area contributed by atoms with Crippen molar-refractivity contribution in [3.05, 3.63) is 65.7 Å². The van der Waals surface area contributed by atoms with Crippen LogP contribution in [0.3, 0.4) is 0 Å². The molecule has 0 aromatic heterocycles. The summed E-state index contributed by atoms with van der Waals surface area (Å²) in [6, 6.07) is 16.6. The van der Waals surface area contributed by atoms with Crippen LogP contribution >= 0.6 is 0 Å². The number of carbonyl (C=O) groups is 1.